The first-order valence-electron chi connectivity index (χ1n) is 10.4. The fourth-order valence-electron chi connectivity index (χ4n) is 3.28. The molecule has 0 aliphatic rings. The van der Waals surface area contributed by atoms with Gasteiger partial charge in [0.15, 0.2) is 23.9 Å². The highest BCUT2D eigenvalue weighted by atomic mass is 16.5. The molecule has 1 unspecified atom stereocenters. The SMILES string of the molecule is CCOc1ccc(NC(=O)C[NH+](C)[C@@H](C)c2nc3ccccc3c(=O)[nH]2)cc1OCC. The second kappa shape index (κ2) is 10.1. The third-order valence-corrected chi connectivity index (χ3v) is 5.05. The lowest BCUT2D eigenvalue weighted by atomic mass is 10.2. The number of carbonyl (C=O) groups excluding carboxylic acids is 1. The van der Waals surface area contributed by atoms with E-state index in [2.05, 4.69) is 15.3 Å². The predicted molar refractivity (Wildman–Crippen MR) is 120 cm³/mol. The summed E-state index contributed by atoms with van der Waals surface area (Å²) in [6.45, 7) is 6.96. The molecule has 3 aromatic rings. The molecule has 0 saturated carbocycles. The van der Waals surface area contributed by atoms with E-state index in [1.807, 2.05) is 46.0 Å². The second-order valence-electron chi connectivity index (χ2n) is 7.29. The fourth-order valence-corrected chi connectivity index (χ4v) is 3.28. The van der Waals surface area contributed by atoms with Gasteiger partial charge in [0.05, 0.1) is 31.2 Å². The van der Waals surface area contributed by atoms with Crippen LogP contribution in [-0.2, 0) is 4.79 Å². The van der Waals surface area contributed by atoms with Crippen molar-refractivity contribution in [2.24, 2.45) is 0 Å². The van der Waals surface area contributed by atoms with Gasteiger partial charge in [0, 0.05) is 11.8 Å². The van der Waals surface area contributed by atoms with Crippen molar-refractivity contribution in [3.05, 3.63) is 58.6 Å². The molecule has 164 valence electrons. The van der Waals surface area contributed by atoms with Crippen molar-refractivity contribution in [1.82, 2.24) is 9.97 Å². The second-order valence-corrected chi connectivity index (χ2v) is 7.29. The van der Waals surface area contributed by atoms with E-state index in [-0.39, 0.29) is 24.1 Å². The Morgan fingerprint density at radius 2 is 1.84 bits per heavy atom. The van der Waals surface area contributed by atoms with E-state index in [0.29, 0.717) is 47.1 Å². The summed E-state index contributed by atoms with van der Waals surface area (Å²) in [4.78, 5) is 33.3. The van der Waals surface area contributed by atoms with Crippen LogP contribution in [0.1, 0.15) is 32.6 Å². The van der Waals surface area contributed by atoms with Gasteiger partial charge >= 0.3 is 0 Å². The molecule has 3 rings (SSSR count). The number of quaternary nitrogens is 1. The minimum Gasteiger partial charge on any atom is -0.490 e. The lowest BCUT2D eigenvalue weighted by molar-refractivity contribution is -0.902. The van der Waals surface area contributed by atoms with Gasteiger partial charge in [-0.15, -0.1) is 0 Å². The van der Waals surface area contributed by atoms with E-state index >= 15 is 0 Å². The van der Waals surface area contributed by atoms with Crippen LogP contribution in [0.2, 0.25) is 0 Å². The van der Waals surface area contributed by atoms with Gasteiger partial charge in [0.1, 0.15) is 6.04 Å². The van der Waals surface area contributed by atoms with Gasteiger partial charge < -0.3 is 24.7 Å². The maximum absolute atomic E-state index is 12.6. The first kappa shape index (κ1) is 22.3. The Kier molecular flexibility index (Phi) is 7.25. The summed E-state index contributed by atoms with van der Waals surface area (Å²) >= 11 is 0. The molecular weight excluding hydrogens is 396 g/mol. The molecule has 3 N–H and O–H groups in total. The van der Waals surface area contributed by atoms with E-state index in [1.54, 1.807) is 24.3 Å². The number of amides is 1. The number of fused-ring (bicyclic) bond motifs is 1. The van der Waals surface area contributed by atoms with E-state index in [9.17, 15) is 9.59 Å². The van der Waals surface area contributed by atoms with Crippen molar-refractivity contribution >= 4 is 22.5 Å². The molecule has 8 nitrogen and oxygen atoms in total. The van der Waals surface area contributed by atoms with Gasteiger partial charge in [-0.3, -0.25) is 9.59 Å². The van der Waals surface area contributed by atoms with Gasteiger partial charge in [-0.05, 0) is 45.0 Å². The van der Waals surface area contributed by atoms with Crippen LogP contribution in [0.4, 0.5) is 5.69 Å². The monoisotopic (exact) mass is 425 g/mol. The number of H-pyrrole nitrogens is 1. The Hall–Kier alpha value is -3.39. The van der Waals surface area contributed by atoms with Crippen LogP contribution in [0.25, 0.3) is 10.9 Å². The summed E-state index contributed by atoms with van der Waals surface area (Å²) in [5.74, 6) is 1.63. The third-order valence-electron chi connectivity index (χ3n) is 5.05. The Morgan fingerprint density at radius 1 is 1.13 bits per heavy atom. The van der Waals surface area contributed by atoms with Crippen LogP contribution < -0.4 is 25.2 Å². The van der Waals surface area contributed by atoms with E-state index in [0.717, 1.165) is 4.90 Å². The van der Waals surface area contributed by atoms with Crippen LogP contribution in [0.15, 0.2) is 47.3 Å². The van der Waals surface area contributed by atoms with Crippen molar-refractivity contribution in [2.45, 2.75) is 26.8 Å². The lowest BCUT2D eigenvalue weighted by Crippen LogP contribution is -3.10. The molecular formula is C23H29N4O4+. The normalized spacial score (nSPS) is 12.9. The van der Waals surface area contributed by atoms with Crippen molar-refractivity contribution in [2.75, 3.05) is 32.1 Å². The molecule has 8 heteroatoms. The highest BCUT2D eigenvalue weighted by Gasteiger charge is 2.22. The van der Waals surface area contributed by atoms with Crippen LogP contribution >= 0.6 is 0 Å². The molecule has 1 heterocycles. The molecule has 1 amide bonds. The Morgan fingerprint density at radius 3 is 2.58 bits per heavy atom. The maximum Gasteiger partial charge on any atom is 0.279 e. The molecule has 31 heavy (non-hydrogen) atoms. The van der Waals surface area contributed by atoms with Crippen molar-refractivity contribution in [3.8, 4) is 11.5 Å². The zero-order valence-corrected chi connectivity index (χ0v) is 18.3. The molecule has 0 saturated heterocycles. The zero-order valence-electron chi connectivity index (χ0n) is 18.3. The largest absolute Gasteiger partial charge is 0.490 e. The number of nitrogens with zero attached hydrogens (tertiary/aromatic N) is 1. The summed E-state index contributed by atoms with van der Waals surface area (Å²) in [6.07, 6.45) is 0. The smallest absolute Gasteiger partial charge is 0.279 e. The Labute approximate surface area is 181 Å². The van der Waals surface area contributed by atoms with E-state index < -0.39 is 0 Å². The highest BCUT2D eigenvalue weighted by Crippen LogP contribution is 2.30. The van der Waals surface area contributed by atoms with Crippen LogP contribution in [0, 0.1) is 0 Å². The van der Waals surface area contributed by atoms with Crippen LogP contribution in [0.5, 0.6) is 11.5 Å². The Bertz CT molecular complexity index is 1110. The van der Waals surface area contributed by atoms with Crippen molar-refractivity contribution in [3.63, 3.8) is 0 Å². The van der Waals surface area contributed by atoms with Crippen molar-refractivity contribution < 1.29 is 19.2 Å². The van der Waals surface area contributed by atoms with E-state index in [1.165, 1.54) is 0 Å². The van der Waals surface area contributed by atoms with Gasteiger partial charge in [-0.25, -0.2) is 4.98 Å². The molecule has 0 radical (unpaired) electrons. The maximum atomic E-state index is 12.6. The quantitative estimate of drug-likeness (QED) is 0.487. The molecule has 0 fully saturated rings. The predicted octanol–water partition coefficient (Wildman–Crippen LogP) is 1.93. The number of aromatic nitrogens is 2. The highest BCUT2D eigenvalue weighted by molar-refractivity contribution is 5.91. The number of hydrogen-bond acceptors (Lipinski definition) is 5. The van der Waals surface area contributed by atoms with Gasteiger partial charge in [-0.1, -0.05) is 12.1 Å². The van der Waals surface area contributed by atoms with Crippen LogP contribution in [-0.4, -0.2) is 42.7 Å². The topological polar surface area (TPSA) is 97.7 Å². The number of para-hydroxylation sites is 1. The van der Waals surface area contributed by atoms with E-state index in [4.69, 9.17) is 9.47 Å². The minimum atomic E-state index is -0.178. The summed E-state index contributed by atoms with van der Waals surface area (Å²) in [5, 5.41) is 3.45. The average Bonchev–Trinajstić information content (AvgIpc) is 2.75. The number of hydrogen-bond donors (Lipinski definition) is 3. The standard InChI is InChI=1S/C23H28N4O4/c1-5-30-19-12-11-16(13-20(19)31-6-2)24-21(28)14-27(4)15(3)22-25-18-10-8-7-9-17(18)23(29)26-22/h7-13,15H,5-6,14H2,1-4H3,(H,24,28)(H,25,26,29)/p+1/t15-/m0/s1. The molecule has 0 aliphatic heterocycles. The lowest BCUT2D eigenvalue weighted by Gasteiger charge is -2.21. The summed E-state index contributed by atoms with van der Waals surface area (Å²) in [7, 11) is 1.89. The number of carbonyl (C=O) groups is 1. The third kappa shape index (κ3) is 5.40. The fraction of sp³-hybridized carbons (Fsp3) is 0.348. The summed E-state index contributed by atoms with van der Waals surface area (Å²) in [6, 6.07) is 12.4. The molecule has 0 bridgehead atoms. The molecule has 0 spiro atoms. The first-order valence-corrected chi connectivity index (χ1v) is 10.4. The Balaban J connectivity index is 1.69. The number of likely N-dealkylation sites (N-methyl/N-ethyl adjacent to an activating group) is 1. The van der Waals surface area contributed by atoms with Gasteiger partial charge in [0.25, 0.3) is 11.5 Å². The average molecular weight is 426 g/mol. The van der Waals surface area contributed by atoms with Crippen LogP contribution in [0.3, 0.4) is 0 Å². The molecule has 1 aromatic heterocycles. The number of rotatable bonds is 9. The number of nitrogens with one attached hydrogen (secondary N) is 3. The molecule has 2 atom stereocenters. The van der Waals surface area contributed by atoms with Crippen molar-refractivity contribution in [1.29, 1.82) is 0 Å². The number of ether oxygens (including phenoxy) is 2. The number of aromatic amines is 1. The number of anilines is 1. The summed E-state index contributed by atoms with van der Waals surface area (Å²) < 4.78 is 11.2. The van der Waals surface area contributed by atoms with Gasteiger partial charge in [-0.2, -0.15) is 0 Å². The molecule has 0 aliphatic carbocycles. The summed E-state index contributed by atoms with van der Waals surface area (Å²) in [5.41, 5.74) is 1.10. The molecule has 2 aromatic carbocycles. The first-order chi connectivity index (χ1) is 14.9. The minimum absolute atomic E-state index is 0.154. The zero-order chi connectivity index (χ0) is 22.4. The van der Waals surface area contributed by atoms with Gasteiger partial charge in [0.2, 0.25) is 0 Å². The number of benzene rings is 2.